The zero-order chi connectivity index (χ0) is 14.0. The van der Waals surface area contributed by atoms with Gasteiger partial charge in [0, 0.05) is 18.4 Å². The van der Waals surface area contributed by atoms with Crippen molar-refractivity contribution >= 4 is 5.84 Å². The largest absolute Gasteiger partial charge is 0.384 e. The van der Waals surface area contributed by atoms with Crippen LogP contribution in [0.3, 0.4) is 0 Å². The Morgan fingerprint density at radius 2 is 2.11 bits per heavy atom. The first-order valence-electron chi connectivity index (χ1n) is 6.16. The lowest BCUT2D eigenvalue weighted by molar-refractivity contribution is 0.626. The van der Waals surface area contributed by atoms with Crippen LogP contribution in [0, 0.1) is 11.2 Å². The quantitative estimate of drug-likeness (QED) is 0.650. The van der Waals surface area contributed by atoms with E-state index < -0.39 is 5.82 Å². The normalized spacial score (nSPS) is 10.7. The molecule has 0 fully saturated rings. The maximum absolute atomic E-state index is 13.3. The van der Waals surface area contributed by atoms with Crippen LogP contribution >= 0.6 is 0 Å². The van der Waals surface area contributed by atoms with Crippen LogP contribution in [0.15, 0.2) is 18.2 Å². The molecule has 3 N–H and O–H groups in total. The van der Waals surface area contributed by atoms with Gasteiger partial charge in [-0.25, -0.2) is 14.1 Å². The molecule has 0 atom stereocenters. The first-order chi connectivity index (χ1) is 9.06. The van der Waals surface area contributed by atoms with Crippen molar-refractivity contribution < 1.29 is 4.39 Å². The molecule has 0 radical (unpaired) electrons. The smallest absolute Gasteiger partial charge is 0.151 e. The fourth-order valence-electron chi connectivity index (χ4n) is 1.87. The Kier molecular flexibility index (Phi) is 3.59. The van der Waals surface area contributed by atoms with Gasteiger partial charge in [-0.1, -0.05) is 13.8 Å². The van der Waals surface area contributed by atoms with Gasteiger partial charge in [0.1, 0.15) is 17.5 Å². The number of aromatic nitrogens is 3. The van der Waals surface area contributed by atoms with Crippen LogP contribution < -0.4 is 5.73 Å². The maximum atomic E-state index is 13.3. The zero-order valence-electron chi connectivity index (χ0n) is 10.9. The minimum Gasteiger partial charge on any atom is -0.384 e. The minimum atomic E-state index is -0.428. The monoisotopic (exact) mass is 261 g/mol. The molecule has 1 aromatic carbocycles. The van der Waals surface area contributed by atoms with E-state index in [0.717, 1.165) is 18.1 Å². The Balaban J connectivity index is 2.64. The SMILES string of the molecule is CCc1nc(CC)n(-c2ccc(F)cc2C(=N)N)n1. The van der Waals surface area contributed by atoms with Crippen LogP contribution in [0.1, 0.15) is 31.1 Å². The zero-order valence-corrected chi connectivity index (χ0v) is 10.9. The Labute approximate surface area is 110 Å². The van der Waals surface area contributed by atoms with E-state index in [-0.39, 0.29) is 5.84 Å². The molecular formula is C13H16FN5. The second kappa shape index (κ2) is 5.17. The number of nitrogens with one attached hydrogen (secondary N) is 1. The molecule has 100 valence electrons. The molecule has 0 aliphatic rings. The first kappa shape index (κ1) is 13.2. The van der Waals surface area contributed by atoms with Crippen LogP contribution in [-0.4, -0.2) is 20.6 Å². The Bertz CT molecular complexity index is 617. The molecule has 2 rings (SSSR count). The van der Waals surface area contributed by atoms with Gasteiger partial charge < -0.3 is 5.73 Å². The third-order valence-electron chi connectivity index (χ3n) is 2.83. The molecule has 0 unspecified atom stereocenters. The standard InChI is InChI=1S/C13H16FN5/c1-3-11-17-12(4-2)19(18-11)10-6-5-8(14)7-9(10)13(15)16/h5-7H,3-4H2,1-2H3,(H3,15,16). The van der Waals surface area contributed by atoms with Gasteiger partial charge >= 0.3 is 0 Å². The van der Waals surface area contributed by atoms with Gasteiger partial charge in [-0.3, -0.25) is 5.41 Å². The van der Waals surface area contributed by atoms with Gasteiger partial charge in [-0.2, -0.15) is 5.10 Å². The highest BCUT2D eigenvalue weighted by molar-refractivity contribution is 5.98. The summed E-state index contributed by atoms with van der Waals surface area (Å²) in [6.45, 7) is 3.94. The van der Waals surface area contributed by atoms with Crippen LogP contribution in [0.4, 0.5) is 4.39 Å². The summed E-state index contributed by atoms with van der Waals surface area (Å²) in [6.07, 6.45) is 1.42. The molecule has 0 saturated heterocycles. The van der Waals surface area contributed by atoms with Crippen molar-refractivity contribution in [3.05, 3.63) is 41.2 Å². The topological polar surface area (TPSA) is 80.6 Å². The fourth-order valence-corrected chi connectivity index (χ4v) is 1.87. The molecule has 19 heavy (non-hydrogen) atoms. The second-order valence-corrected chi connectivity index (χ2v) is 4.14. The number of nitrogens with two attached hydrogens (primary N) is 1. The first-order valence-corrected chi connectivity index (χ1v) is 6.16. The second-order valence-electron chi connectivity index (χ2n) is 4.14. The Morgan fingerprint density at radius 1 is 1.37 bits per heavy atom. The van der Waals surface area contributed by atoms with E-state index in [1.807, 2.05) is 13.8 Å². The third-order valence-corrected chi connectivity index (χ3v) is 2.83. The molecule has 0 aliphatic carbocycles. The summed E-state index contributed by atoms with van der Waals surface area (Å²) in [5, 5.41) is 11.9. The summed E-state index contributed by atoms with van der Waals surface area (Å²) in [4.78, 5) is 4.39. The highest BCUT2D eigenvalue weighted by atomic mass is 19.1. The summed E-state index contributed by atoms with van der Waals surface area (Å²) >= 11 is 0. The molecule has 1 aromatic heterocycles. The molecule has 5 nitrogen and oxygen atoms in total. The molecule has 1 heterocycles. The average Bonchev–Trinajstić information content (AvgIpc) is 2.81. The van der Waals surface area contributed by atoms with Crippen LogP contribution in [-0.2, 0) is 12.8 Å². The van der Waals surface area contributed by atoms with Crippen molar-refractivity contribution in [1.29, 1.82) is 5.41 Å². The Hall–Kier alpha value is -2.24. The minimum absolute atomic E-state index is 0.190. The van der Waals surface area contributed by atoms with Crippen molar-refractivity contribution in [3.8, 4) is 5.69 Å². The summed E-state index contributed by atoms with van der Waals surface area (Å²) in [7, 11) is 0. The van der Waals surface area contributed by atoms with Gasteiger partial charge in [0.15, 0.2) is 5.82 Å². The number of rotatable bonds is 4. The van der Waals surface area contributed by atoms with Gasteiger partial charge in [0.05, 0.1) is 5.69 Å². The predicted octanol–water partition coefficient (Wildman–Crippen LogP) is 1.82. The van der Waals surface area contributed by atoms with E-state index in [1.54, 1.807) is 10.7 Å². The summed E-state index contributed by atoms with van der Waals surface area (Å²) in [5.74, 6) is 0.870. The number of hydrogen-bond acceptors (Lipinski definition) is 3. The van der Waals surface area contributed by atoms with E-state index in [9.17, 15) is 4.39 Å². The number of amidine groups is 1. The van der Waals surface area contributed by atoms with Gasteiger partial charge in [0.2, 0.25) is 0 Å². The highest BCUT2D eigenvalue weighted by Crippen LogP contribution is 2.17. The lowest BCUT2D eigenvalue weighted by Crippen LogP contribution is -2.16. The third kappa shape index (κ3) is 2.47. The summed E-state index contributed by atoms with van der Waals surface area (Å²) in [6, 6.07) is 4.14. The number of nitrogens with zero attached hydrogens (tertiary/aromatic N) is 3. The van der Waals surface area contributed by atoms with Crippen molar-refractivity contribution in [1.82, 2.24) is 14.8 Å². The van der Waals surface area contributed by atoms with E-state index in [2.05, 4.69) is 10.1 Å². The molecule has 0 amide bonds. The molecule has 0 bridgehead atoms. The predicted molar refractivity (Wildman–Crippen MR) is 71.1 cm³/mol. The lowest BCUT2D eigenvalue weighted by atomic mass is 10.1. The van der Waals surface area contributed by atoms with Gasteiger partial charge in [-0.05, 0) is 18.2 Å². The average molecular weight is 261 g/mol. The van der Waals surface area contributed by atoms with Crippen LogP contribution in [0.5, 0.6) is 0 Å². The van der Waals surface area contributed by atoms with Gasteiger partial charge in [0.25, 0.3) is 0 Å². The number of aryl methyl sites for hydroxylation is 2. The van der Waals surface area contributed by atoms with Gasteiger partial charge in [-0.15, -0.1) is 0 Å². The van der Waals surface area contributed by atoms with E-state index >= 15 is 0 Å². The fraction of sp³-hybridized carbons (Fsp3) is 0.308. The van der Waals surface area contributed by atoms with Crippen molar-refractivity contribution in [2.75, 3.05) is 0 Å². The van der Waals surface area contributed by atoms with Crippen LogP contribution in [0.25, 0.3) is 5.69 Å². The molecule has 2 aromatic rings. The molecule has 6 heteroatoms. The maximum Gasteiger partial charge on any atom is 0.151 e. The van der Waals surface area contributed by atoms with E-state index in [1.165, 1.54) is 12.1 Å². The molecule has 0 spiro atoms. The molecular weight excluding hydrogens is 245 g/mol. The number of halogens is 1. The highest BCUT2D eigenvalue weighted by Gasteiger charge is 2.14. The summed E-state index contributed by atoms with van der Waals surface area (Å²) in [5.41, 5.74) is 6.41. The Morgan fingerprint density at radius 3 is 2.68 bits per heavy atom. The van der Waals surface area contributed by atoms with Crippen molar-refractivity contribution in [2.45, 2.75) is 26.7 Å². The van der Waals surface area contributed by atoms with Crippen molar-refractivity contribution in [2.24, 2.45) is 5.73 Å². The molecule has 0 saturated carbocycles. The van der Waals surface area contributed by atoms with Crippen LogP contribution in [0.2, 0.25) is 0 Å². The number of hydrogen-bond donors (Lipinski definition) is 2. The number of benzene rings is 1. The lowest BCUT2D eigenvalue weighted by Gasteiger charge is -2.10. The van der Waals surface area contributed by atoms with E-state index in [4.69, 9.17) is 11.1 Å². The number of nitrogen functional groups attached to an aromatic ring is 1. The summed E-state index contributed by atoms with van der Waals surface area (Å²) < 4.78 is 14.9. The molecule has 0 aliphatic heterocycles. The van der Waals surface area contributed by atoms with Crippen molar-refractivity contribution in [3.63, 3.8) is 0 Å². The van der Waals surface area contributed by atoms with E-state index in [0.29, 0.717) is 17.7 Å².